The van der Waals surface area contributed by atoms with Crippen molar-refractivity contribution in [3.63, 3.8) is 0 Å². The predicted octanol–water partition coefficient (Wildman–Crippen LogP) is 7.92. The van der Waals surface area contributed by atoms with Crippen LogP contribution in [0.2, 0.25) is 5.02 Å². The van der Waals surface area contributed by atoms with Gasteiger partial charge in [0.2, 0.25) is 0 Å². The van der Waals surface area contributed by atoms with Crippen molar-refractivity contribution in [2.24, 2.45) is 0 Å². The maximum Gasteiger partial charge on any atom is 0.416 e. The first-order valence-electron chi connectivity index (χ1n) is 9.20. The Morgan fingerprint density at radius 2 is 1.72 bits per heavy atom. The minimum absolute atomic E-state index is 0.0922. The average molecular weight is 508 g/mol. The van der Waals surface area contributed by atoms with Crippen LogP contribution in [0.25, 0.3) is 6.08 Å². The van der Waals surface area contributed by atoms with Gasteiger partial charge in [0.1, 0.15) is 0 Å². The molecule has 0 radical (unpaired) electrons. The molecule has 3 aromatic rings. The van der Waals surface area contributed by atoms with Gasteiger partial charge in [0.15, 0.2) is 4.32 Å². The topological polar surface area (TPSA) is 20.3 Å². The summed E-state index contributed by atoms with van der Waals surface area (Å²) in [7, 11) is 0. The van der Waals surface area contributed by atoms with Gasteiger partial charge in [-0.1, -0.05) is 71.6 Å². The number of nitrogens with zero attached hydrogens (tertiary/aromatic N) is 1. The van der Waals surface area contributed by atoms with E-state index in [1.54, 1.807) is 18.2 Å². The van der Waals surface area contributed by atoms with Crippen molar-refractivity contribution in [2.75, 3.05) is 4.90 Å². The first kappa shape index (κ1) is 22.9. The lowest BCUT2D eigenvalue weighted by Crippen LogP contribution is -2.27. The minimum Gasteiger partial charge on any atom is -0.268 e. The minimum atomic E-state index is -4.51. The molecule has 0 spiro atoms. The number of rotatable bonds is 4. The van der Waals surface area contributed by atoms with Crippen LogP contribution in [0.15, 0.2) is 87.5 Å². The second-order valence-corrected chi connectivity index (χ2v) is 9.89. The van der Waals surface area contributed by atoms with E-state index >= 15 is 0 Å². The molecule has 0 atom stereocenters. The molecule has 9 heteroatoms. The number of hydrogen-bond donors (Lipinski definition) is 0. The highest BCUT2D eigenvalue weighted by atomic mass is 35.5. The van der Waals surface area contributed by atoms with Crippen molar-refractivity contribution >= 4 is 69.3 Å². The molecule has 32 heavy (non-hydrogen) atoms. The summed E-state index contributed by atoms with van der Waals surface area (Å²) in [4.78, 5) is 16.4. The van der Waals surface area contributed by atoms with Crippen molar-refractivity contribution in [1.29, 1.82) is 0 Å². The number of benzene rings is 3. The van der Waals surface area contributed by atoms with Crippen molar-refractivity contribution in [3.05, 3.63) is 93.9 Å². The zero-order valence-corrected chi connectivity index (χ0v) is 19.3. The third kappa shape index (κ3) is 5.04. The molecule has 1 heterocycles. The van der Waals surface area contributed by atoms with E-state index < -0.39 is 17.6 Å². The zero-order valence-electron chi connectivity index (χ0n) is 16.1. The number of thioether (sulfide) groups is 1. The van der Waals surface area contributed by atoms with Gasteiger partial charge < -0.3 is 0 Å². The highest BCUT2D eigenvalue weighted by Crippen LogP contribution is 2.40. The number of thiocarbonyl (C=S) groups is 1. The van der Waals surface area contributed by atoms with Crippen LogP contribution in [0.5, 0.6) is 0 Å². The van der Waals surface area contributed by atoms with Crippen LogP contribution in [-0.2, 0) is 11.0 Å². The molecular formula is C23H13ClF3NOS3. The molecule has 1 aliphatic rings. The Labute approximate surface area is 201 Å². The molecule has 1 fully saturated rings. The average Bonchev–Trinajstić information content (AvgIpc) is 3.03. The zero-order chi connectivity index (χ0) is 22.9. The lowest BCUT2D eigenvalue weighted by atomic mass is 10.1. The van der Waals surface area contributed by atoms with Crippen LogP contribution in [0, 0.1) is 0 Å². The number of alkyl halides is 3. The fourth-order valence-corrected chi connectivity index (χ4v) is 5.31. The van der Waals surface area contributed by atoms with Gasteiger partial charge in [-0.05, 0) is 60.2 Å². The van der Waals surface area contributed by atoms with Gasteiger partial charge in [-0.3, -0.25) is 9.69 Å². The fourth-order valence-electron chi connectivity index (χ4n) is 2.98. The van der Waals surface area contributed by atoms with Crippen LogP contribution >= 0.6 is 47.3 Å². The Hall–Kier alpha value is -2.26. The molecule has 2 nitrogen and oxygen atoms in total. The Morgan fingerprint density at radius 1 is 1.00 bits per heavy atom. The lowest BCUT2D eigenvalue weighted by Gasteiger charge is -2.16. The number of anilines is 1. The molecule has 1 saturated heterocycles. The predicted molar refractivity (Wildman–Crippen MR) is 129 cm³/mol. The van der Waals surface area contributed by atoms with Crippen molar-refractivity contribution in [2.45, 2.75) is 16.0 Å². The molecule has 0 N–H and O–H groups in total. The van der Waals surface area contributed by atoms with E-state index in [-0.39, 0.29) is 10.0 Å². The Bertz CT molecular complexity index is 1230. The molecule has 3 aromatic carbocycles. The summed E-state index contributed by atoms with van der Waals surface area (Å²) >= 11 is 13.8. The van der Waals surface area contributed by atoms with E-state index in [9.17, 15) is 18.0 Å². The summed E-state index contributed by atoms with van der Waals surface area (Å²) in [6.07, 6.45) is -2.80. The van der Waals surface area contributed by atoms with E-state index in [2.05, 4.69) is 0 Å². The molecule has 0 unspecified atom stereocenters. The summed E-state index contributed by atoms with van der Waals surface area (Å²) < 4.78 is 39.5. The van der Waals surface area contributed by atoms with Crippen LogP contribution in [-0.4, -0.2) is 10.2 Å². The van der Waals surface area contributed by atoms with Crippen molar-refractivity contribution in [1.82, 2.24) is 0 Å². The molecule has 0 aliphatic carbocycles. The van der Waals surface area contributed by atoms with E-state index in [0.29, 0.717) is 9.93 Å². The third-order valence-electron chi connectivity index (χ3n) is 4.47. The lowest BCUT2D eigenvalue weighted by molar-refractivity contribution is -0.137. The molecule has 4 rings (SSSR count). The van der Waals surface area contributed by atoms with Gasteiger partial charge in [0.25, 0.3) is 5.91 Å². The van der Waals surface area contributed by atoms with Crippen LogP contribution in [0.3, 0.4) is 0 Å². The normalized spacial score (nSPS) is 15.6. The largest absolute Gasteiger partial charge is 0.416 e. The van der Waals surface area contributed by atoms with Crippen molar-refractivity contribution < 1.29 is 18.0 Å². The molecule has 0 aromatic heterocycles. The van der Waals surface area contributed by atoms with E-state index in [0.717, 1.165) is 44.1 Å². The molecule has 0 saturated carbocycles. The van der Waals surface area contributed by atoms with Gasteiger partial charge in [-0.15, -0.1) is 0 Å². The van der Waals surface area contributed by atoms with Gasteiger partial charge >= 0.3 is 6.18 Å². The summed E-state index contributed by atoms with van der Waals surface area (Å²) in [5.74, 6) is -0.453. The molecule has 162 valence electrons. The first-order chi connectivity index (χ1) is 15.2. The van der Waals surface area contributed by atoms with Crippen LogP contribution in [0.1, 0.15) is 11.1 Å². The Balaban J connectivity index is 1.64. The number of hydrogen-bond acceptors (Lipinski definition) is 4. The highest BCUT2D eigenvalue weighted by molar-refractivity contribution is 8.27. The van der Waals surface area contributed by atoms with E-state index in [1.165, 1.54) is 23.9 Å². The van der Waals surface area contributed by atoms with Crippen molar-refractivity contribution in [3.8, 4) is 0 Å². The molecule has 1 aliphatic heterocycles. The highest BCUT2D eigenvalue weighted by Gasteiger charge is 2.36. The first-order valence-corrected chi connectivity index (χ1v) is 11.6. The number of carbonyl (C=O) groups excluding carboxylic acids is 1. The van der Waals surface area contributed by atoms with Gasteiger partial charge in [0.05, 0.1) is 16.2 Å². The molecular weight excluding hydrogens is 495 g/mol. The number of halogens is 4. The fraction of sp³-hybridized carbons (Fsp3) is 0.0435. The van der Waals surface area contributed by atoms with Gasteiger partial charge in [-0.25, -0.2) is 0 Å². The van der Waals surface area contributed by atoms with E-state index in [1.807, 2.05) is 36.4 Å². The second-order valence-electron chi connectivity index (χ2n) is 6.66. The Kier molecular flexibility index (Phi) is 6.67. The monoisotopic (exact) mass is 507 g/mol. The number of carbonyl (C=O) groups is 1. The standard InChI is InChI=1S/C23H13ClF3NOS3/c24-16-8-10-18(11-9-16)31-19-7-2-1-4-14(19)12-20-21(29)28(22(30)32-20)17-6-3-5-15(13-17)23(25,26)27/h1-13H. The summed E-state index contributed by atoms with van der Waals surface area (Å²) in [5.41, 5.74) is 0.0595. The summed E-state index contributed by atoms with van der Waals surface area (Å²) in [6.45, 7) is 0. The maximum absolute atomic E-state index is 13.1. The summed E-state index contributed by atoms with van der Waals surface area (Å²) in [5, 5.41) is 0.640. The van der Waals surface area contributed by atoms with Gasteiger partial charge in [0, 0.05) is 14.8 Å². The maximum atomic E-state index is 13.1. The number of amides is 1. The SMILES string of the molecule is O=C1C(=Cc2ccccc2Sc2ccc(Cl)cc2)SC(=S)N1c1cccc(C(F)(F)F)c1. The molecule has 0 bridgehead atoms. The third-order valence-corrected chi connectivity index (χ3v) is 7.13. The van der Waals surface area contributed by atoms with Gasteiger partial charge in [-0.2, -0.15) is 13.2 Å². The van der Waals surface area contributed by atoms with E-state index in [4.69, 9.17) is 23.8 Å². The van der Waals surface area contributed by atoms with Crippen LogP contribution in [0.4, 0.5) is 18.9 Å². The molecule has 1 amide bonds. The smallest absolute Gasteiger partial charge is 0.268 e. The quantitative estimate of drug-likeness (QED) is 0.264. The van der Waals surface area contributed by atoms with Crippen LogP contribution < -0.4 is 4.90 Å². The summed E-state index contributed by atoms with van der Waals surface area (Å²) in [6, 6.07) is 19.5. The Morgan fingerprint density at radius 3 is 2.44 bits per heavy atom. The second kappa shape index (κ2) is 9.31.